The Morgan fingerprint density at radius 2 is 1.81 bits per heavy atom. The van der Waals surface area contributed by atoms with E-state index in [0.717, 1.165) is 33.2 Å². The molecule has 0 aromatic heterocycles. The minimum Gasteiger partial charge on any atom is -0.442 e. The molecule has 2 aliphatic rings. The number of rotatable bonds is 5. The van der Waals surface area contributed by atoms with Crippen molar-refractivity contribution in [3.8, 4) is 0 Å². The predicted octanol–water partition coefficient (Wildman–Crippen LogP) is 2.92. The summed E-state index contributed by atoms with van der Waals surface area (Å²) in [6.45, 7) is 3.50. The molecule has 3 amide bonds. The zero-order valence-electron chi connectivity index (χ0n) is 18.0. The van der Waals surface area contributed by atoms with Gasteiger partial charge in [-0.2, -0.15) is 0 Å². The van der Waals surface area contributed by atoms with E-state index in [0.29, 0.717) is 32.6 Å². The van der Waals surface area contributed by atoms with Crippen LogP contribution >= 0.6 is 22.6 Å². The number of benzene rings is 2. The van der Waals surface area contributed by atoms with Gasteiger partial charge in [0.15, 0.2) is 0 Å². The van der Waals surface area contributed by atoms with Crippen LogP contribution in [0.2, 0.25) is 0 Å². The van der Waals surface area contributed by atoms with E-state index in [1.54, 1.807) is 4.90 Å². The van der Waals surface area contributed by atoms with E-state index in [2.05, 4.69) is 27.9 Å². The molecule has 2 aromatic carbocycles. The number of nitrogens with zero attached hydrogens (tertiary/aromatic N) is 2. The van der Waals surface area contributed by atoms with E-state index in [4.69, 9.17) is 4.74 Å². The summed E-state index contributed by atoms with van der Waals surface area (Å²) in [4.78, 5) is 39.9. The first kappa shape index (κ1) is 22.6. The average Bonchev–Trinajstić information content (AvgIpc) is 3.01. The SMILES string of the molecule is CC(=O)NCC1CN(c2ccc3c(c2)CCN(C(=O)Cc2ccc(I)cc2)CC3)C(=O)O1. The number of nitrogens with one attached hydrogen (secondary N) is 1. The highest BCUT2D eigenvalue weighted by atomic mass is 127. The van der Waals surface area contributed by atoms with Crippen molar-refractivity contribution in [3.05, 3.63) is 62.7 Å². The van der Waals surface area contributed by atoms with Crippen LogP contribution in [0, 0.1) is 3.57 Å². The number of ether oxygens (including phenoxy) is 1. The van der Waals surface area contributed by atoms with Gasteiger partial charge in [-0.25, -0.2) is 4.79 Å². The molecule has 0 bridgehead atoms. The van der Waals surface area contributed by atoms with Gasteiger partial charge in [0.1, 0.15) is 6.10 Å². The Hall–Kier alpha value is -2.62. The zero-order valence-corrected chi connectivity index (χ0v) is 20.1. The lowest BCUT2D eigenvalue weighted by Crippen LogP contribution is -2.34. The van der Waals surface area contributed by atoms with Gasteiger partial charge in [-0.05, 0) is 76.4 Å². The predicted molar refractivity (Wildman–Crippen MR) is 130 cm³/mol. The number of hydrogen-bond donors (Lipinski definition) is 1. The fourth-order valence-corrected chi connectivity index (χ4v) is 4.47. The molecule has 2 aromatic rings. The lowest BCUT2D eigenvalue weighted by Gasteiger charge is -2.20. The zero-order chi connectivity index (χ0) is 22.7. The molecular formula is C24H26IN3O4. The van der Waals surface area contributed by atoms with E-state index in [1.165, 1.54) is 12.5 Å². The molecule has 168 valence electrons. The Labute approximate surface area is 201 Å². The molecule has 2 aliphatic heterocycles. The highest BCUT2D eigenvalue weighted by Gasteiger charge is 2.32. The molecule has 1 N–H and O–H groups in total. The smallest absolute Gasteiger partial charge is 0.414 e. The van der Waals surface area contributed by atoms with Gasteiger partial charge in [0.05, 0.1) is 19.5 Å². The standard InChI is InChI=1S/C24H26IN3O4/c1-16(29)26-14-22-15-28(24(31)32-22)21-7-4-18-8-10-27(11-9-19(18)13-21)23(30)12-17-2-5-20(25)6-3-17/h2-7,13,22H,8-12,14-15H2,1H3,(H,26,29). The number of halogens is 1. The monoisotopic (exact) mass is 547 g/mol. The maximum absolute atomic E-state index is 12.8. The van der Waals surface area contributed by atoms with Gasteiger partial charge < -0.3 is 15.0 Å². The van der Waals surface area contributed by atoms with Gasteiger partial charge in [-0.1, -0.05) is 18.2 Å². The minimum absolute atomic E-state index is 0.142. The first-order chi connectivity index (χ1) is 15.4. The number of amides is 3. The normalized spacial score (nSPS) is 18.1. The third-order valence-electron chi connectivity index (χ3n) is 5.88. The molecule has 4 rings (SSSR count). The summed E-state index contributed by atoms with van der Waals surface area (Å²) in [7, 11) is 0. The molecule has 0 radical (unpaired) electrons. The Morgan fingerprint density at radius 1 is 1.09 bits per heavy atom. The quantitative estimate of drug-likeness (QED) is 0.585. The van der Waals surface area contributed by atoms with Crippen LogP contribution in [0.15, 0.2) is 42.5 Å². The second-order valence-electron chi connectivity index (χ2n) is 8.19. The number of carbonyl (C=O) groups excluding carboxylic acids is 3. The van der Waals surface area contributed by atoms with Crippen molar-refractivity contribution in [2.24, 2.45) is 0 Å². The van der Waals surface area contributed by atoms with E-state index in [9.17, 15) is 14.4 Å². The maximum Gasteiger partial charge on any atom is 0.414 e. The minimum atomic E-state index is -0.400. The van der Waals surface area contributed by atoms with E-state index < -0.39 is 6.09 Å². The maximum atomic E-state index is 12.8. The van der Waals surface area contributed by atoms with E-state index >= 15 is 0 Å². The third-order valence-corrected chi connectivity index (χ3v) is 6.60. The van der Waals surface area contributed by atoms with Gasteiger partial charge in [-0.3, -0.25) is 14.5 Å². The number of anilines is 1. The van der Waals surface area contributed by atoms with Crippen LogP contribution in [0.25, 0.3) is 0 Å². The second kappa shape index (κ2) is 9.89. The molecule has 8 heteroatoms. The second-order valence-corrected chi connectivity index (χ2v) is 9.44. The summed E-state index contributed by atoms with van der Waals surface area (Å²) in [5, 5.41) is 2.69. The van der Waals surface area contributed by atoms with Crippen LogP contribution in [0.3, 0.4) is 0 Å². The molecule has 32 heavy (non-hydrogen) atoms. The van der Waals surface area contributed by atoms with Crippen molar-refractivity contribution in [1.82, 2.24) is 10.2 Å². The molecule has 0 spiro atoms. The third kappa shape index (κ3) is 5.40. The van der Waals surface area contributed by atoms with Crippen LogP contribution in [0.5, 0.6) is 0 Å². The van der Waals surface area contributed by atoms with Crippen LogP contribution in [-0.2, 0) is 33.6 Å². The summed E-state index contributed by atoms with van der Waals surface area (Å²) in [5.41, 5.74) is 4.18. The fourth-order valence-electron chi connectivity index (χ4n) is 4.11. The van der Waals surface area contributed by atoms with Gasteiger partial charge in [0, 0.05) is 29.3 Å². The van der Waals surface area contributed by atoms with Crippen molar-refractivity contribution in [2.75, 3.05) is 31.1 Å². The molecular weight excluding hydrogens is 521 g/mol. The molecule has 1 unspecified atom stereocenters. The highest BCUT2D eigenvalue weighted by Crippen LogP contribution is 2.26. The summed E-state index contributed by atoms with van der Waals surface area (Å²) in [6.07, 6.45) is 1.19. The molecule has 2 heterocycles. The first-order valence-electron chi connectivity index (χ1n) is 10.8. The van der Waals surface area contributed by atoms with Crippen molar-refractivity contribution in [1.29, 1.82) is 0 Å². The van der Waals surface area contributed by atoms with Gasteiger partial charge in [0.2, 0.25) is 11.8 Å². The average molecular weight is 547 g/mol. The summed E-state index contributed by atoms with van der Waals surface area (Å²) in [6, 6.07) is 14.1. The molecule has 0 saturated carbocycles. The van der Waals surface area contributed by atoms with Gasteiger partial charge >= 0.3 is 6.09 Å². The molecule has 1 saturated heterocycles. The molecule has 0 aliphatic carbocycles. The summed E-state index contributed by atoms with van der Waals surface area (Å²) < 4.78 is 6.53. The number of cyclic esters (lactones) is 1. The Morgan fingerprint density at radius 3 is 2.53 bits per heavy atom. The lowest BCUT2D eigenvalue weighted by atomic mass is 10.0. The number of hydrogen-bond acceptors (Lipinski definition) is 4. The van der Waals surface area contributed by atoms with Crippen LogP contribution in [-0.4, -0.2) is 55.1 Å². The number of fused-ring (bicyclic) bond motifs is 1. The molecule has 1 atom stereocenters. The fraction of sp³-hybridized carbons (Fsp3) is 0.375. The van der Waals surface area contributed by atoms with E-state index in [-0.39, 0.29) is 17.9 Å². The van der Waals surface area contributed by atoms with E-state index in [1.807, 2.05) is 47.4 Å². The largest absolute Gasteiger partial charge is 0.442 e. The summed E-state index contributed by atoms with van der Waals surface area (Å²) >= 11 is 2.26. The Bertz CT molecular complexity index is 1020. The highest BCUT2D eigenvalue weighted by molar-refractivity contribution is 14.1. The number of carbonyl (C=O) groups is 3. The van der Waals surface area contributed by atoms with Crippen LogP contribution in [0.1, 0.15) is 23.6 Å². The topological polar surface area (TPSA) is 79.0 Å². The summed E-state index contributed by atoms with van der Waals surface area (Å²) in [5.74, 6) is -0.00572. The van der Waals surface area contributed by atoms with Crippen molar-refractivity contribution in [3.63, 3.8) is 0 Å². The van der Waals surface area contributed by atoms with Crippen molar-refractivity contribution >= 4 is 46.2 Å². The first-order valence-corrected chi connectivity index (χ1v) is 11.8. The lowest BCUT2D eigenvalue weighted by molar-refractivity contribution is -0.130. The van der Waals surface area contributed by atoms with Gasteiger partial charge in [-0.15, -0.1) is 0 Å². The van der Waals surface area contributed by atoms with Crippen LogP contribution < -0.4 is 10.2 Å². The Balaban J connectivity index is 1.39. The van der Waals surface area contributed by atoms with Crippen LogP contribution in [0.4, 0.5) is 10.5 Å². The van der Waals surface area contributed by atoms with Crippen molar-refractivity contribution < 1.29 is 19.1 Å². The Kier molecular flexibility index (Phi) is 6.98. The van der Waals surface area contributed by atoms with Gasteiger partial charge in [0.25, 0.3) is 0 Å². The molecule has 7 nitrogen and oxygen atoms in total. The molecule has 1 fully saturated rings. The van der Waals surface area contributed by atoms with Crippen molar-refractivity contribution in [2.45, 2.75) is 32.3 Å².